The molecule has 1 unspecified atom stereocenters. The third-order valence-corrected chi connectivity index (χ3v) is 5.19. The second-order valence-electron chi connectivity index (χ2n) is 6.83. The number of guanidine groups is 1. The molecule has 1 atom stereocenters. The van der Waals surface area contributed by atoms with Crippen LogP contribution in [0, 0.1) is 5.41 Å². The quantitative estimate of drug-likeness (QED) is 0.677. The van der Waals surface area contributed by atoms with Crippen molar-refractivity contribution in [3.63, 3.8) is 0 Å². The Kier molecular flexibility index (Phi) is 4.40. The molecular weight excluding hydrogens is 316 g/mol. The van der Waals surface area contributed by atoms with Crippen molar-refractivity contribution in [2.24, 2.45) is 10.4 Å². The number of hydrogen-bond donors (Lipinski definition) is 1. The maximum absolute atomic E-state index is 5.63. The van der Waals surface area contributed by atoms with E-state index in [0.717, 1.165) is 50.1 Å². The van der Waals surface area contributed by atoms with Crippen LogP contribution in [0.4, 0.5) is 0 Å². The molecule has 2 aromatic heterocycles. The molecule has 2 fully saturated rings. The van der Waals surface area contributed by atoms with E-state index in [-0.39, 0.29) is 0 Å². The first-order valence-corrected chi connectivity index (χ1v) is 8.75. The standard InChI is InChI=1S/C18H24N6O/c1-19-17(23-8-4-18(12-23)5-10-25-13-18)22-11-15-3-2-6-21-16(15)24-9-7-20-14-24/h2-3,6-7,9,14H,4-5,8,10-13H2,1H3,(H,19,22). The van der Waals surface area contributed by atoms with E-state index in [1.807, 2.05) is 23.9 Å². The molecule has 0 aromatic carbocycles. The lowest BCUT2D eigenvalue weighted by atomic mass is 9.87. The third kappa shape index (κ3) is 3.24. The number of likely N-dealkylation sites (tertiary alicyclic amines) is 1. The largest absolute Gasteiger partial charge is 0.381 e. The Morgan fingerprint density at radius 3 is 3.12 bits per heavy atom. The number of hydrogen-bond acceptors (Lipinski definition) is 4. The molecule has 0 saturated carbocycles. The fourth-order valence-corrected chi connectivity index (χ4v) is 3.78. The van der Waals surface area contributed by atoms with Crippen LogP contribution in [0.2, 0.25) is 0 Å². The number of pyridine rings is 1. The molecule has 7 nitrogen and oxygen atoms in total. The molecule has 0 radical (unpaired) electrons. The SMILES string of the molecule is CN=C(NCc1cccnc1-n1ccnc1)N1CCC2(CCOC2)C1. The summed E-state index contributed by atoms with van der Waals surface area (Å²) in [5, 5.41) is 3.50. The Morgan fingerprint density at radius 1 is 1.40 bits per heavy atom. The summed E-state index contributed by atoms with van der Waals surface area (Å²) in [6.45, 7) is 4.50. The van der Waals surface area contributed by atoms with Crippen molar-refractivity contribution in [3.8, 4) is 5.82 Å². The number of rotatable bonds is 3. The molecule has 25 heavy (non-hydrogen) atoms. The van der Waals surface area contributed by atoms with Gasteiger partial charge in [0.15, 0.2) is 5.96 Å². The average Bonchev–Trinajstić information content (AvgIpc) is 3.40. The summed E-state index contributed by atoms with van der Waals surface area (Å²) in [7, 11) is 1.85. The molecule has 1 spiro atoms. The molecule has 0 amide bonds. The van der Waals surface area contributed by atoms with Gasteiger partial charge in [0, 0.05) is 62.9 Å². The van der Waals surface area contributed by atoms with E-state index in [2.05, 4.69) is 31.2 Å². The fraction of sp³-hybridized carbons (Fsp3) is 0.500. The fourth-order valence-electron chi connectivity index (χ4n) is 3.78. The van der Waals surface area contributed by atoms with Gasteiger partial charge in [-0.05, 0) is 18.9 Å². The van der Waals surface area contributed by atoms with E-state index < -0.39 is 0 Å². The zero-order chi connectivity index (χ0) is 17.1. The number of imidazole rings is 1. The number of nitrogens with one attached hydrogen (secondary N) is 1. The Morgan fingerprint density at radius 2 is 2.36 bits per heavy atom. The highest BCUT2D eigenvalue weighted by Crippen LogP contribution is 2.38. The number of nitrogens with zero attached hydrogens (tertiary/aromatic N) is 5. The van der Waals surface area contributed by atoms with Gasteiger partial charge in [0.2, 0.25) is 0 Å². The summed E-state index contributed by atoms with van der Waals surface area (Å²) in [6.07, 6.45) is 9.58. The molecular formula is C18H24N6O. The van der Waals surface area contributed by atoms with Crippen molar-refractivity contribution in [1.29, 1.82) is 0 Å². The maximum atomic E-state index is 5.63. The molecule has 132 valence electrons. The Balaban J connectivity index is 1.44. The zero-order valence-electron chi connectivity index (χ0n) is 14.6. The van der Waals surface area contributed by atoms with Crippen LogP contribution in [0.1, 0.15) is 18.4 Å². The van der Waals surface area contributed by atoms with Gasteiger partial charge < -0.3 is 15.0 Å². The Labute approximate surface area is 147 Å². The lowest BCUT2D eigenvalue weighted by molar-refractivity contribution is 0.156. The van der Waals surface area contributed by atoms with Crippen LogP contribution in [0.3, 0.4) is 0 Å². The second-order valence-corrected chi connectivity index (χ2v) is 6.83. The highest BCUT2D eigenvalue weighted by molar-refractivity contribution is 5.80. The number of ether oxygens (including phenoxy) is 1. The average molecular weight is 340 g/mol. The first-order chi connectivity index (χ1) is 12.3. The van der Waals surface area contributed by atoms with Gasteiger partial charge >= 0.3 is 0 Å². The van der Waals surface area contributed by atoms with Crippen LogP contribution in [-0.4, -0.2) is 58.7 Å². The van der Waals surface area contributed by atoms with Gasteiger partial charge in [-0.1, -0.05) is 6.07 Å². The third-order valence-electron chi connectivity index (χ3n) is 5.19. The van der Waals surface area contributed by atoms with Crippen molar-refractivity contribution in [1.82, 2.24) is 24.8 Å². The molecule has 2 aliphatic rings. The molecule has 7 heteroatoms. The first kappa shape index (κ1) is 16.1. The molecule has 2 saturated heterocycles. The van der Waals surface area contributed by atoms with E-state index in [1.54, 1.807) is 18.7 Å². The number of aliphatic imine (C=N–C) groups is 1. The highest BCUT2D eigenvalue weighted by Gasteiger charge is 2.42. The van der Waals surface area contributed by atoms with Crippen LogP contribution >= 0.6 is 0 Å². The van der Waals surface area contributed by atoms with Gasteiger partial charge in [0.25, 0.3) is 0 Å². The van der Waals surface area contributed by atoms with Crippen molar-refractivity contribution < 1.29 is 4.74 Å². The van der Waals surface area contributed by atoms with Gasteiger partial charge in [0.05, 0.1) is 6.61 Å². The summed E-state index contributed by atoms with van der Waals surface area (Å²) in [5.41, 5.74) is 1.44. The molecule has 2 aliphatic heterocycles. The van der Waals surface area contributed by atoms with Gasteiger partial charge in [0.1, 0.15) is 12.1 Å². The zero-order valence-corrected chi connectivity index (χ0v) is 14.6. The lowest BCUT2D eigenvalue weighted by Crippen LogP contribution is -2.41. The molecule has 2 aromatic rings. The van der Waals surface area contributed by atoms with Crippen LogP contribution in [0.5, 0.6) is 0 Å². The summed E-state index contributed by atoms with van der Waals surface area (Å²) >= 11 is 0. The Bertz CT molecular complexity index is 736. The molecule has 0 bridgehead atoms. The predicted octanol–water partition coefficient (Wildman–Crippen LogP) is 1.46. The molecule has 0 aliphatic carbocycles. The van der Waals surface area contributed by atoms with Crippen molar-refractivity contribution in [2.45, 2.75) is 19.4 Å². The van der Waals surface area contributed by atoms with Crippen molar-refractivity contribution in [2.75, 3.05) is 33.4 Å². The molecule has 1 N–H and O–H groups in total. The monoisotopic (exact) mass is 340 g/mol. The van der Waals surface area contributed by atoms with Gasteiger partial charge in [-0.3, -0.25) is 9.56 Å². The van der Waals surface area contributed by atoms with E-state index in [9.17, 15) is 0 Å². The lowest BCUT2D eigenvalue weighted by Gasteiger charge is -2.25. The highest BCUT2D eigenvalue weighted by atomic mass is 16.5. The van der Waals surface area contributed by atoms with Crippen LogP contribution in [0.25, 0.3) is 5.82 Å². The van der Waals surface area contributed by atoms with Crippen LogP contribution in [-0.2, 0) is 11.3 Å². The van der Waals surface area contributed by atoms with Crippen molar-refractivity contribution in [3.05, 3.63) is 42.6 Å². The summed E-state index contributed by atoms with van der Waals surface area (Å²) in [5.74, 6) is 1.84. The number of aromatic nitrogens is 3. The summed E-state index contributed by atoms with van der Waals surface area (Å²) in [6, 6.07) is 4.04. The van der Waals surface area contributed by atoms with Gasteiger partial charge in [-0.15, -0.1) is 0 Å². The van der Waals surface area contributed by atoms with Gasteiger partial charge in [-0.25, -0.2) is 9.97 Å². The van der Waals surface area contributed by atoms with Crippen LogP contribution in [0.15, 0.2) is 42.0 Å². The van der Waals surface area contributed by atoms with Crippen molar-refractivity contribution >= 4 is 5.96 Å². The minimum Gasteiger partial charge on any atom is -0.381 e. The smallest absolute Gasteiger partial charge is 0.193 e. The normalized spacial score (nSPS) is 23.6. The second kappa shape index (κ2) is 6.84. The van der Waals surface area contributed by atoms with E-state index in [4.69, 9.17) is 4.74 Å². The maximum Gasteiger partial charge on any atom is 0.193 e. The predicted molar refractivity (Wildman–Crippen MR) is 95.6 cm³/mol. The molecule has 4 rings (SSSR count). The first-order valence-electron chi connectivity index (χ1n) is 8.75. The van der Waals surface area contributed by atoms with Gasteiger partial charge in [-0.2, -0.15) is 0 Å². The summed E-state index contributed by atoms with van der Waals surface area (Å²) < 4.78 is 7.56. The van der Waals surface area contributed by atoms with E-state index in [0.29, 0.717) is 12.0 Å². The topological polar surface area (TPSA) is 67.6 Å². The van der Waals surface area contributed by atoms with E-state index in [1.165, 1.54) is 6.42 Å². The molecule has 4 heterocycles. The van der Waals surface area contributed by atoms with E-state index >= 15 is 0 Å². The Hall–Kier alpha value is -2.41. The minimum atomic E-state index is 0.327. The summed E-state index contributed by atoms with van der Waals surface area (Å²) in [4.78, 5) is 15.4. The minimum absolute atomic E-state index is 0.327. The van der Waals surface area contributed by atoms with Crippen LogP contribution < -0.4 is 5.32 Å².